The molecule has 0 aliphatic heterocycles. The molecule has 24 heavy (non-hydrogen) atoms. The van der Waals surface area contributed by atoms with E-state index in [0.29, 0.717) is 0 Å². The van der Waals surface area contributed by atoms with Crippen LogP contribution in [0.4, 0.5) is 0 Å². The molecule has 1 heterocycles. The fourth-order valence-corrected chi connectivity index (χ4v) is 3.74. The van der Waals surface area contributed by atoms with Crippen LogP contribution in [0.1, 0.15) is 40.7 Å². The van der Waals surface area contributed by atoms with E-state index in [2.05, 4.69) is 63.0 Å². The van der Waals surface area contributed by atoms with Crippen molar-refractivity contribution in [2.45, 2.75) is 47.0 Å². The second-order valence-electron chi connectivity index (χ2n) is 7.05. The summed E-state index contributed by atoms with van der Waals surface area (Å²) >= 11 is 0. The number of unbranched alkanes of at least 4 members (excludes halogenated alkanes) is 1. The number of nitrogens with one attached hydrogen (secondary N) is 1. The first kappa shape index (κ1) is 16.8. The van der Waals surface area contributed by atoms with Crippen molar-refractivity contribution in [2.24, 2.45) is 5.73 Å². The summed E-state index contributed by atoms with van der Waals surface area (Å²) < 4.78 is 0. The minimum absolute atomic E-state index is 0.763. The van der Waals surface area contributed by atoms with Gasteiger partial charge in [0.15, 0.2) is 0 Å². The van der Waals surface area contributed by atoms with Gasteiger partial charge in [0.2, 0.25) is 0 Å². The number of hydrogen-bond donors (Lipinski definition) is 2. The zero-order valence-electron chi connectivity index (χ0n) is 15.3. The Morgan fingerprint density at radius 2 is 1.62 bits per heavy atom. The summed E-state index contributed by atoms with van der Waals surface area (Å²) in [5.41, 5.74) is 16.3. The fourth-order valence-electron chi connectivity index (χ4n) is 3.74. The van der Waals surface area contributed by atoms with Gasteiger partial charge in [-0.2, -0.15) is 0 Å². The van der Waals surface area contributed by atoms with E-state index in [-0.39, 0.29) is 0 Å². The molecule has 0 fully saturated rings. The smallest absolute Gasteiger partial charge is 0.0500 e. The van der Waals surface area contributed by atoms with E-state index in [4.69, 9.17) is 5.73 Å². The van der Waals surface area contributed by atoms with Gasteiger partial charge in [-0.1, -0.05) is 35.4 Å². The van der Waals surface area contributed by atoms with Gasteiger partial charge in [0, 0.05) is 22.2 Å². The molecule has 0 spiro atoms. The standard InChI is InChI=1S/C22H28N2/c1-14-8-9-18(16(3)11-14)22-19(7-5-6-10-23)20-13-15(2)12-17(4)21(20)24-22/h8-9,11-13,24H,5-7,10,23H2,1-4H3. The number of aryl methyl sites for hydroxylation is 5. The third-order valence-corrected chi connectivity index (χ3v) is 4.89. The van der Waals surface area contributed by atoms with E-state index in [1.54, 1.807) is 0 Å². The Morgan fingerprint density at radius 3 is 2.33 bits per heavy atom. The first-order valence-electron chi connectivity index (χ1n) is 8.90. The van der Waals surface area contributed by atoms with Crippen molar-refractivity contribution in [2.75, 3.05) is 6.54 Å². The van der Waals surface area contributed by atoms with Crippen LogP contribution >= 0.6 is 0 Å². The van der Waals surface area contributed by atoms with Crippen LogP contribution in [-0.4, -0.2) is 11.5 Å². The van der Waals surface area contributed by atoms with Crippen LogP contribution in [0.15, 0.2) is 30.3 Å². The Labute approximate surface area is 145 Å². The van der Waals surface area contributed by atoms with Crippen molar-refractivity contribution in [3.8, 4) is 11.3 Å². The van der Waals surface area contributed by atoms with Crippen molar-refractivity contribution in [1.82, 2.24) is 4.98 Å². The third-order valence-electron chi connectivity index (χ3n) is 4.89. The summed E-state index contributed by atoms with van der Waals surface area (Å²) in [6, 6.07) is 11.3. The van der Waals surface area contributed by atoms with Gasteiger partial charge in [0.05, 0.1) is 0 Å². The van der Waals surface area contributed by atoms with Crippen LogP contribution in [0.5, 0.6) is 0 Å². The highest BCUT2D eigenvalue weighted by Gasteiger charge is 2.16. The number of benzene rings is 2. The zero-order chi connectivity index (χ0) is 17.3. The largest absolute Gasteiger partial charge is 0.354 e. The molecule has 2 aromatic carbocycles. The molecule has 0 aliphatic rings. The molecule has 0 amide bonds. The lowest BCUT2D eigenvalue weighted by Gasteiger charge is -2.09. The molecular weight excluding hydrogens is 292 g/mol. The lowest BCUT2D eigenvalue weighted by atomic mass is 9.96. The molecule has 0 bridgehead atoms. The Bertz CT molecular complexity index is 871. The molecule has 2 nitrogen and oxygen atoms in total. The van der Waals surface area contributed by atoms with E-state index in [1.807, 2.05) is 0 Å². The second-order valence-corrected chi connectivity index (χ2v) is 7.05. The molecule has 0 aliphatic carbocycles. The molecular formula is C22H28N2. The number of rotatable bonds is 5. The van der Waals surface area contributed by atoms with Crippen molar-refractivity contribution in [3.05, 3.63) is 58.1 Å². The van der Waals surface area contributed by atoms with Gasteiger partial charge in [-0.25, -0.2) is 0 Å². The van der Waals surface area contributed by atoms with Crippen LogP contribution in [0, 0.1) is 27.7 Å². The minimum Gasteiger partial charge on any atom is -0.354 e. The van der Waals surface area contributed by atoms with Crippen LogP contribution in [-0.2, 0) is 6.42 Å². The average molecular weight is 320 g/mol. The topological polar surface area (TPSA) is 41.8 Å². The van der Waals surface area contributed by atoms with Crippen molar-refractivity contribution in [3.63, 3.8) is 0 Å². The number of aromatic nitrogens is 1. The highest BCUT2D eigenvalue weighted by Crippen LogP contribution is 2.35. The van der Waals surface area contributed by atoms with E-state index in [1.165, 1.54) is 50.0 Å². The van der Waals surface area contributed by atoms with Crippen molar-refractivity contribution >= 4 is 10.9 Å². The van der Waals surface area contributed by atoms with Crippen LogP contribution in [0.3, 0.4) is 0 Å². The molecule has 3 N–H and O–H groups in total. The molecule has 0 unspecified atom stereocenters. The Hall–Kier alpha value is -2.06. The number of nitrogens with two attached hydrogens (primary N) is 1. The van der Waals surface area contributed by atoms with Crippen LogP contribution < -0.4 is 5.73 Å². The number of hydrogen-bond acceptors (Lipinski definition) is 1. The predicted octanol–water partition coefficient (Wildman–Crippen LogP) is 5.35. The van der Waals surface area contributed by atoms with Gasteiger partial charge in [0.25, 0.3) is 0 Å². The summed E-state index contributed by atoms with van der Waals surface area (Å²) in [6.45, 7) is 9.49. The van der Waals surface area contributed by atoms with E-state index in [9.17, 15) is 0 Å². The van der Waals surface area contributed by atoms with Gasteiger partial charge < -0.3 is 10.7 Å². The molecule has 126 valence electrons. The number of H-pyrrole nitrogens is 1. The molecule has 0 saturated carbocycles. The first-order valence-corrected chi connectivity index (χ1v) is 8.90. The second kappa shape index (κ2) is 6.82. The van der Waals surface area contributed by atoms with Gasteiger partial charge in [-0.05, 0) is 76.3 Å². The van der Waals surface area contributed by atoms with E-state index >= 15 is 0 Å². The normalized spacial score (nSPS) is 11.4. The summed E-state index contributed by atoms with van der Waals surface area (Å²) in [5, 5.41) is 1.37. The molecule has 3 aromatic rings. The molecule has 0 radical (unpaired) electrons. The molecule has 0 saturated heterocycles. The van der Waals surface area contributed by atoms with Gasteiger partial charge in [-0.3, -0.25) is 0 Å². The van der Waals surface area contributed by atoms with Gasteiger partial charge in [0.1, 0.15) is 0 Å². The first-order chi connectivity index (χ1) is 11.5. The monoisotopic (exact) mass is 320 g/mol. The molecule has 0 atom stereocenters. The summed E-state index contributed by atoms with van der Waals surface area (Å²) in [7, 11) is 0. The SMILES string of the molecule is Cc1ccc(-c2[nH]c3c(C)cc(C)cc3c2CCCCN)c(C)c1. The highest BCUT2D eigenvalue weighted by atomic mass is 14.7. The fraction of sp³-hybridized carbons (Fsp3) is 0.364. The Kier molecular flexibility index (Phi) is 4.77. The van der Waals surface area contributed by atoms with Gasteiger partial charge in [-0.15, -0.1) is 0 Å². The van der Waals surface area contributed by atoms with Gasteiger partial charge >= 0.3 is 0 Å². The number of fused-ring (bicyclic) bond motifs is 1. The lowest BCUT2D eigenvalue weighted by Crippen LogP contribution is -1.99. The van der Waals surface area contributed by atoms with E-state index < -0.39 is 0 Å². The molecule has 2 heteroatoms. The maximum atomic E-state index is 5.71. The maximum Gasteiger partial charge on any atom is 0.0500 e. The summed E-state index contributed by atoms with van der Waals surface area (Å²) in [4.78, 5) is 3.73. The quantitative estimate of drug-likeness (QED) is 0.611. The molecule has 3 rings (SSSR count). The van der Waals surface area contributed by atoms with E-state index in [0.717, 1.165) is 25.8 Å². The van der Waals surface area contributed by atoms with Crippen LogP contribution in [0.2, 0.25) is 0 Å². The summed E-state index contributed by atoms with van der Waals surface area (Å²) in [6.07, 6.45) is 3.28. The highest BCUT2D eigenvalue weighted by molar-refractivity contribution is 5.93. The third kappa shape index (κ3) is 3.11. The van der Waals surface area contributed by atoms with Crippen molar-refractivity contribution in [1.29, 1.82) is 0 Å². The predicted molar refractivity (Wildman–Crippen MR) is 105 cm³/mol. The number of aromatic amines is 1. The zero-order valence-corrected chi connectivity index (χ0v) is 15.3. The van der Waals surface area contributed by atoms with Crippen molar-refractivity contribution < 1.29 is 0 Å². The summed E-state index contributed by atoms with van der Waals surface area (Å²) in [5.74, 6) is 0. The lowest BCUT2D eigenvalue weighted by molar-refractivity contribution is 0.748. The Balaban J connectivity index is 2.21. The Morgan fingerprint density at radius 1 is 0.875 bits per heavy atom. The minimum atomic E-state index is 0.763. The maximum absolute atomic E-state index is 5.71. The molecule has 1 aromatic heterocycles. The average Bonchev–Trinajstić information content (AvgIpc) is 2.86. The van der Waals surface area contributed by atoms with Crippen LogP contribution in [0.25, 0.3) is 22.2 Å².